The van der Waals surface area contributed by atoms with Gasteiger partial charge < -0.3 is 33.7 Å². The molecule has 57 heavy (non-hydrogen) atoms. The van der Waals surface area contributed by atoms with Crippen LogP contribution in [0.2, 0.25) is 0 Å². The van der Waals surface area contributed by atoms with Crippen LogP contribution in [0.4, 0.5) is 23.8 Å². The second-order valence-corrected chi connectivity index (χ2v) is 15.1. The number of terminal acetylenes is 1. The lowest BCUT2D eigenvalue weighted by molar-refractivity contribution is 0.00699. The first kappa shape index (κ1) is 38.9. The lowest BCUT2D eigenvalue weighted by Crippen LogP contribution is -2.56. The number of piperazine rings is 1. The third-order valence-electron chi connectivity index (χ3n) is 11.6. The number of aromatic nitrogens is 3. The normalized spacial score (nSPS) is 23.0. The predicted molar refractivity (Wildman–Crippen MR) is 204 cm³/mol. The van der Waals surface area contributed by atoms with Crippen LogP contribution >= 0.6 is 0 Å². The number of carbonyl (C=O) groups is 1. The fourth-order valence-electron chi connectivity index (χ4n) is 9.02. The van der Waals surface area contributed by atoms with Crippen LogP contribution in [0.3, 0.4) is 0 Å². The largest absolute Gasteiger partial charge is 0.508 e. The first-order valence-electron chi connectivity index (χ1n) is 19.3. The third-order valence-corrected chi connectivity index (χ3v) is 11.6. The van der Waals surface area contributed by atoms with Crippen molar-refractivity contribution in [3.05, 3.63) is 47.7 Å². The minimum Gasteiger partial charge on any atom is -0.508 e. The Morgan fingerprint density at radius 3 is 2.54 bits per heavy atom. The Morgan fingerprint density at radius 2 is 1.79 bits per heavy atom. The third kappa shape index (κ3) is 7.61. The summed E-state index contributed by atoms with van der Waals surface area (Å²) >= 11 is 0. The maximum absolute atomic E-state index is 17.1. The van der Waals surface area contributed by atoms with Gasteiger partial charge in [0.05, 0.1) is 61.6 Å². The first-order valence-corrected chi connectivity index (χ1v) is 19.3. The highest BCUT2D eigenvalue weighted by atomic mass is 19.1. The number of carbonyl (C=O) groups excluding carboxylic acids is 1. The molecule has 4 saturated heterocycles. The zero-order valence-corrected chi connectivity index (χ0v) is 31.7. The number of amides is 1. The quantitative estimate of drug-likeness (QED) is 0.133. The zero-order chi connectivity index (χ0) is 39.7. The van der Waals surface area contributed by atoms with Gasteiger partial charge in [-0.1, -0.05) is 12.0 Å². The molecule has 0 radical (unpaired) electrons. The molecule has 13 nitrogen and oxygen atoms in total. The molecule has 1 N–H and O–H groups in total. The van der Waals surface area contributed by atoms with Crippen LogP contribution in [0.5, 0.6) is 11.8 Å². The van der Waals surface area contributed by atoms with Crippen molar-refractivity contribution < 1.29 is 46.8 Å². The number of phenols is 1. The fourth-order valence-corrected chi connectivity index (χ4v) is 9.02. The summed E-state index contributed by atoms with van der Waals surface area (Å²) in [5.41, 5.74) is -0.825. The standard InChI is InChI=1S/C41H45F3N6O7/c1-3-30-33(43)8-5-25-17-29(51)18-31(34(25)30)36-35(44)37-32(20-45-36)38(47-39(46-37)57-24-41-9-4-10-49(41)21-26(42)19-41)48-22-27-6-7-28(23-48)50(27)40(52)56-16-15-55-14-13-54-12-11-53-2/h1,5,8,17-18,20,26-28,51H,4,6-7,9-16,19,21-24H2,2H3/t26-,27?,28?,41+/m1/s1. The SMILES string of the molecule is C#Cc1c(F)ccc2cc(O)cc(-c3ncc4c(N5CC6CCC(C5)N6C(=O)OCCOCCOCCOC)nc(OC[C@@]56CCCN5C[C@H](F)C6)nc4c3F)c12. The lowest BCUT2D eigenvalue weighted by atomic mass is 9.95. The van der Waals surface area contributed by atoms with E-state index in [1.54, 1.807) is 12.0 Å². The van der Waals surface area contributed by atoms with Gasteiger partial charge in [0.15, 0.2) is 5.82 Å². The van der Waals surface area contributed by atoms with Crippen molar-refractivity contribution in [1.29, 1.82) is 0 Å². The number of phenolic OH excluding ortho intramolecular Hbond substituents is 1. The number of methoxy groups -OCH3 is 1. The molecule has 2 unspecified atom stereocenters. The van der Waals surface area contributed by atoms with Crippen molar-refractivity contribution in [1.82, 2.24) is 24.8 Å². The number of nitrogens with zero attached hydrogens (tertiary/aromatic N) is 6. The maximum atomic E-state index is 17.1. The van der Waals surface area contributed by atoms with E-state index < -0.39 is 29.4 Å². The number of hydrogen-bond donors (Lipinski definition) is 1. The molecule has 8 rings (SSSR count). The fraction of sp³-hybridized carbons (Fsp3) is 0.512. The van der Waals surface area contributed by atoms with Gasteiger partial charge in [-0.2, -0.15) is 9.97 Å². The van der Waals surface area contributed by atoms with E-state index in [0.29, 0.717) is 69.1 Å². The molecule has 4 aliphatic heterocycles. The molecule has 6 heterocycles. The molecule has 4 fully saturated rings. The Balaban J connectivity index is 1.08. The van der Waals surface area contributed by atoms with E-state index in [2.05, 4.69) is 20.8 Å². The van der Waals surface area contributed by atoms with Crippen LogP contribution in [0.25, 0.3) is 32.9 Å². The number of anilines is 1. The minimum atomic E-state index is -0.972. The monoisotopic (exact) mass is 790 g/mol. The van der Waals surface area contributed by atoms with Crippen molar-refractivity contribution in [2.75, 3.05) is 84.4 Å². The average molecular weight is 791 g/mol. The lowest BCUT2D eigenvalue weighted by Gasteiger charge is -2.41. The summed E-state index contributed by atoms with van der Waals surface area (Å²) in [6.45, 7) is 4.04. The van der Waals surface area contributed by atoms with Gasteiger partial charge in [-0.3, -0.25) is 14.8 Å². The number of benzene rings is 2. The first-order chi connectivity index (χ1) is 27.7. The summed E-state index contributed by atoms with van der Waals surface area (Å²) in [5, 5.41) is 11.5. The van der Waals surface area contributed by atoms with E-state index in [1.165, 1.54) is 30.5 Å². The summed E-state index contributed by atoms with van der Waals surface area (Å²) in [4.78, 5) is 33.1. The van der Waals surface area contributed by atoms with E-state index >= 15 is 4.39 Å². The summed E-state index contributed by atoms with van der Waals surface area (Å²) < 4.78 is 74.4. The van der Waals surface area contributed by atoms with Gasteiger partial charge in [-0.25, -0.2) is 18.0 Å². The van der Waals surface area contributed by atoms with Gasteiger partial charge in [0.1, 0.15) is 48.0 Å². The molecule has 0 spiro atoms. The van der Waals surface area contributed by atoms with Gasteiger partial charge in [-0.15, -0.1) is 6.42 Å². The van der Waals surface area contributed by atoms with Gasteiger partial charge in [-0.05, 0) is 55.8 Å². The smallest absolute Gasteiger partial charge is 0.410 e. The Labute approximate surface area is 328 Å². The Hall–Kier alpha value is -4.95. The van der Waals surface area contributed by atoms with Gasteiger partial charge in [0, 0.05) is 50.3 Å². The highest BCUT2D eigenvalue weighted by molar-refractivity contribution is 6.03. The molecule has 4 atom stereocenters. The Bertz CT molecular complexity index is 2180. The number of halogens is 3. The molecule has 2 aromatic heterocycles. The second kappa shape index (κ2) is 16.5. The van der Waals surface area contributed by atoms with Crippen molar-refractivity contribution in [2.45, 2.75) is 55.9 Å². The molecule has 4 aliphatic rings. The predicted octanol–water partition coefficient (Wildman–Crippen LogP) is 5.23. The molecule has 16 heteroatoms. The van der Waals surface area contributed by atoms with E-state index in [-0.39, 0.29) is 71.4 Å². The number of fused-ring (bicyclic) bond motifs is 5. The number of hydrogen-bond acceptors (Lipinski definition) is 12. The van der Waals surface area contributed by atoms with Crippen molar-refractivity contribution in [3.8, 4) is 35.4 Å². The minimum absolute atomic E-state index is 0.0888. The number of pyridine rings is 1. The van der Waals surface area contributed by atoms with Crippen LogP contribution in [0.1, 0.15) is 37.7 Å². The summed E-state index contributed by atoms with van der Waals surface area (Å²) in [7, 11) is 1.60. The van der Waals surface area contributed by atoms with E-state index in [4.69, 9.17) is 35.1 Å². The molecular formula is C41H45F3N6O7. The number of rotatable bonds is 14. The molecule has 2 bridgehead atoms. The topological polar surface area (TPSA) is 132 Å². The maximum Gasteiger partial charge on any atom is 0.410 e. The Morgan fingerprint density at radius 1 is 1.04 bits per heavy atom. The van der Waals surface area contributed by atoms with Crippen molar-refractivity contribution in [2.24, 2.45) is 0 Å². The molecule has 0 aliphatic carbocycles. The van der Waals surface area contributed by atoms with Gasteiger partial charge in [0.2, 0.25) is 0 Å². The highest BCUT2D eigenvalue weighted by Crippen LogP contribution is 2.42. The summed E-state index contributed by atoms with van der Waals surface area (Å²) in [5.74, 6) is 1.02. The highest BCUT2D eigenvalue weighted by Gasteiger charge is 2.50. The molecule has 0 saturated carbocycles. The van der Waals surface area contributed by atoms with E-state index in [0.717, 1.165) is 32.2 Å². The van der Waals surface area contributed by atoms with E-state index in [9.17, 15) is 18.7 Å². The van der Waals surface area contributed by atoms with Crippen LogP contribution in [-0.2, 0) is 18.9 Å². The van der Waals surface area contributed by atoms with Crippen molar-refractivity contribution >= 4 is 33.6 Å². The number of ether oxygens (including phenoxy) is 5. The van der Waals surface area contributed by atoms with Crippen LogP contribution < -0.4 is 9.64 Å². The summed E-state index contributed by atoms with van der Waals surface area (Å²) in [6.07, 6.45) is 9.22. The molecule has 1 amide bonds. The molecule has 4 aromatic rings. The molecule has 2 aromatic carbocycles. The van der Waals surface area contributed by atoms with Crippen molar-refractivity contribution in [3.63, 3.8) is 0 Å². The Kier molecular flexibility index (Phi) is 11.3. The average Bonchev–Trinajstić information content (AvgIpc) is 3.82. The van der Waals surface area contributed by atoms with Gasteiger partial charge >= 0.3 is 12.1 Å². The summed E-state index contributed by atoms with van der Waals surface area (Å²) in [6, 6.07) is 4.85. The van der Waals surface area contributed by atoms with Crippen LogP contribution in [0.15, 0.2) is 30.5 Å². The van der Waals surface area contributed by atoms with Crippen LogP contribution in [0, 0.1) is 24.0 Å². The number of aromatic hydroxyl groups is 1. The molecule has 302 valence electrons. The van der Waals surface area contributed by atoms with Gasteiger partial charge in [0.25, 0.3) is 0 Å². The van der Waals surface area contributed by atoms with Crippen LogP contribution in [-0.4, -0.2) is 139 Å². The van der Waals surface area contributed by atoms with E-state index in [1.807, 2.05) is 4.90 Å². The second-order valence-electron chi connectivity index (χ2n) is 15.1. The number of alkyl halides is 1. The zero-order valence-electron chi connectivity index (χ0n) is 31.7. The molecular weight excluding hydrogens is 745 g/mol.